The van der Waals surface area contributed by atoms with Crippen LogP contribution >= 0.6 is 0 Å². The Balaban J connectivity index is 0.000000396. The summed E-state index contributed by atoms with van der Waals surface area (Å²) in [6.07, 6.45) is 12.5. The van der Waals surface area contributed by atoms with Gasteiger partial charge in [0, 0.05) is 12.2 Å². The molecule has 0 unspecified atom stereocenters. The lowest BCUT2D eigenvalue weighted by molar-refractivity contribution is 0.685. The van der Waals surface area contributed by atoms with Crippen molar-refractivity contribution in [3.8, 4) is 0 Å². The van der Waals surface area contributed by atoms with E-state index in [0.29, 0.717) is 0 Å². The molecule has 1 nitrogen and oxygen atoms in total. The van der Waals surface area contributed by atoms with Crippen molar-refractivity contribution >= 4 is 0 Å². The zero-order valence-electron chi connectivity index (χ0n) is 8.64. The van der Waals surface area contributed by atoms with E-state index in [1.54, 1.807) is 0 Å². The quantitative estimate of drug-likeness (QED) is 0.599. The fourth-order valence-corrected chi connectivity index (χ4v) is 1.56. The van der Waals surface area contributed by atoms with E-state index in [0.717, 1.165) is 13.0 Å². The third-order valence-corrected chi connectivity index (χ3v) is 2.16. The van der Waals surface area contributed by atoms with Crippen molar-refractivity contribution in [1.82, 2.24) is 5.32 Å². The maximum absolute atomic E-state index is 3.40. The molecule has 1 heterocycles. The highest BCUT2D eigenvalue weighted by Crippen LogP contribution is 2.19. The van der Waals surface area contributed by atoms with Crippen LogP contribution in [0.1, 0.15) is 33.1 Å². The standard InChI is InChI=1S/C10H13N.C2H6/c1-2-5-9-6-4-8-11-10(9)7-3-1;1-2/h2-3,5,7,11H,1,4,6,8H2;1-2H3. The fourth-order valence-electron chi connectivity index (χ4n) is 1.56. The molecule has 0 aromatic heterocycles. The molecule has 0 aromatic rings. The summed E-state index contributed by atoms with van der Waals surface area (Å²) in [4.78, 5) is 0. The van der Waals surface area contributed by atoms with Gasteiger partial charge in [-0.05, 0) is 30.9 Å². The van der Waals surface area contributed by atoms with E-state index in [1.807, 2.05) is 13.8 Å². The fraction of sp³-hybridized carbons (Fsp3) is 0.500. The van der Waals surface area contributed by atoms with E-state index >= 15 is 0 Å². The van der Waals surface area contributed by atoms with Crippen LogP contribution in [0.2, 0.25) is 0 Å². The molecular formula is C12H19N. The monoisotopic (exact) mass is 177 g/mol. The first-order valence-corrected chi connectivity index (χ1v) is 5.27. The van der Waals surface area contributed by atoms with Gasteiger partial charge in [0.25, 0.3) is 0 Å². The molecule has 0 saturated heterocycles. The third-order valence-electron chi connectivity index (χ3n) is 2.16. The Morgan fingerprint density at radius 2 is 1.92 bits per heavy atom. The van der Waals surface area contributed by atoms with Crippen molar-refractivity contribution in [3.63, 3.8) is 0 Å². The highest BCUT2D eigenvalue weighted by Gasteiger charge is 2.07. The molecule has 72 valence electrons. The molecule has 0 bridgehead atoms. The van der Waals surface area contributed by atoms with Crippen molar-refractivity contribution in [2.24, 2.45) is 0 Å². The molecule has 1 N–H and O–H groups in total. The van der Waals surface area contributed by atoms with Crippen LogP contribution < -0.4 is 5.32 Å². The maximum Gasteiger partial charge on any atom is 0.0369 e. The number of allylic oxidation sites excluding steroid dienone is 5. The van der Waals surface area contributed by atoms with Crippen LogP contribution in [-0.2, 0) is 0 Å². The second-order valence-corrected chi connectivity index (χ2v) is 3.01. The molecular weight excluding hydrogens is 158 g/mol. The molecule has 2 aliphatic rings. The predicted molar refractivity (Wildman–Crippen MR) is 58.5 cm³/mol. The molecule has 0 saturated carbocycles. The Hall–Kier alpha value is -0.980. The minimum Gasteiger partial charge on any atom is -0.385 e. The van der Waals surface area contributed by atoms with Gasteiger partial charge in [-0.3, -0.25) is 0 Å². The van der Waals surface area contributed by atoms with Gasteiger partial charge in [-0.25, -0.2) is 0 Å². The van der Waals surface area contributed by atoms with E-state index in [2.05, 4.69) is 29.6 Å². The van der Waals surface area contributed by atoms with Crippen molar-refractivity contribution in [3.05, 3.63) is 35.6 Å². The maximum atomic E-state index is 3.40. The van der Waals surface area contributed by atoms with Crippen molar-refractivity contribution < 1.29 is 0 Å². The summed E-state index contributed by atoms with van der Waals surface area (Å²) in [5.74, 6) is 0. The summed E-state index contributed by atoms with van der Waals surface area (Å²) in [6.45, 7) is 5.14. The minimum atomic E-state index is 1.08. The van der Waals surface area contributed by atoms with E-state index in [4.69, 9.17) is 0 Å². The van der Waals surface area contributed by atoms with Gasteiger partial charge in [0.2, 0.25) is 0 Å². The Labute approximate surface area is 81.2 Å². The van der Waals surface area contributed by atoms with Gasteiger partial charge in [-0.1, -0.05) is 32.1 Å². The molecule has 1 aliphatic carbocycles. The first-order chi connectivity index (χ1) is 6.47. The Kier molecular flexibility index (Phi) is 4.37. The molecule has 0 fully saturated rings. The molecule has 13 heavy (non-hydrogen) atoms. The van der Waals surface area contributed by atoms with Gasteiger partial charge >= 0.3 is 0 Å². The lowest BCUT2D eigenvalue weighted by Gasteiger charge is -2.16. The van der Waals surface area contributed by atoms with Crippen LogP contribution in [0.15, 0.2) is 35.6 Å². The highest BCUT2D eigenvalue weighted by molar-refractivity contribution is 5.36. The summed E-state index contributed by atoms with van der Waals surface area (Å²) in [5.41, 5.74) is 2.81. The van der Waals surface area contributed by atoms with E-state index < -0.39 is 0 Å². The topological polar surface area (TPSA) is 12.0 Å². The van der Waals surface area contributed by atoms with E-state index in [1.165, 1.54) is 24.1 Å². The van der Waals surface area contributed by atoms with Crippen LogP contribution in [0.25, 0.3) is 0 Å². The van der Waals surface area contributed by atoms with Crippen molar-refractivity contribution in [2.75, 3.05) is 6.54 Å². The number of hydrogen-bond acceptors (Lipinski definition) is 1. The van der Waals surface area contributed by atoms with E-state index in [9.17, 15) is 0 Å². The molecule has 1 heteroatoms. The normalized spacial score (nSPS) is 19.5. The van der Waals surface area contributed by atoms with Gasteiger partial charge in [0.15, 0.2) is 0 Å². The summed E-state index contributed by atoms with van der Waals surface area (Å²) < 4.78 is 0. The lowest BCUT2D eigenvalue weighted by atomic mass is 10.0. The molecule has 1 aliphatic heterocycles. The molecule has 0 spiro atoms. The van der Waals surface area contributed by atoms with E-state index in [-0.39, 0.29) is 0 Å². The smallest absolute Gasteiger partial charge is 0.0369 e. The lowest BCUT2D eigenvalue weighted by Crippen LogP contribution is -2.19. The summed E-state index contributed by atoms with van der Waals surface area (Å²) in [6, 6.07) is 0. The average molecular weight is 177 g/mol. The Morgan fingerprint density at radius 1 is 1.15 bits per heavy atom. The van der Waals surface area contributed by atoms with Crippen LogP contribution in [0.4, 0.5) is 0 Å². The second kappa shape index (κ2) is 5.63. The summed E-state index contributed by atoms with van der Waals surface area (Å²) in [5, 5.41) is 3.40. The van der Waals surface area contributed by atoms with Gasteiger partial charge < -0.3 is 5.32 Å². The zero-order chi connectivity index (χ0) is 9.52. The SMILES string of the molecule is C1=CC2=C(C=CC1)NCCC2.CC. The molecule has 0 aromatic carbocycles. The van der Waals surface area contributed by atoms with Crippen LogP contribution in [0.5, 0.6) is 0 Å². The number of hydrogen-bond donors (Lipinski definition) is 1. The molecule has 0 radical (unpaired) electrons. The third kappa shape index (κ3) is 2.76. The van der Waals surface area contributed by atoms with Crippen molar-refractivity contribution in [1.29, 1.82) is 0 Å². The van der Waals surface area contributed by atoms with Gasteiger partial charge in [-0.15, -0.1) is 0 Å². The van der Waals surface area contributed by atoms with Gasteiger partial charge in [0.05, 0.1) is 0 Å². The Bertz CT molecular complexity index is 210. The summed E-state index contributed by atoms with van der Waals surface area (Å²) in [7, 11) is 0. The minimum absolute atomic E-state index is 1.08. The molecule has 0 atom stereocenters. The highest BCUT2D eigenvalue weighted by atomic mass is 14.9. The van der Waals surface area contributed by atoms with Gasteiger partial charge in [0.1, 0.15) is 0 Å². The second-order valence-electron chi connectivity index (χ2n) is 3.01. The van der Waals surface area contributed by atoms with Crippen LogP contribution in [0, 0.1) is 0 Å². The zero-order valence-corrected chi connectivity index (χ0v) is 8.64. The summed E-state index contributed by atoms with van der Waals surface area (Å²) >= 11 is 0. The molecule has 2 rings (SSSR count). The van der Waals surface area contributed by atoms with Crippen LogP contribution in [0.3, 0.4) is 0 Å². The number of rotatable bonds is 0. The van der Waals surface area contributed by atoms with Crippen molar-refractivity contribution in [2.45, 2.75) is 33.1 Å². The molecule has 0 amide bonds. The first kappa shape index (κ1) is 10.1. The van der Waals surface area contributed by atoms with Crippen LogP contribution in [-0.4, -0.2) is 6.54 Å². The van der Waals surface area contributed by atoms with Gasteiger partial charge in [-0.2, -0.15) is 0 Å². The predicted octanol–water partition coefficient (Wildman–Crippen LogP) is 3.17. The number of nitrogens with one attached hydrogen (secondary N) is 1. The Morgan fingerprint density at radius 3 is 2.77 bits per heavy atom. The average Bonchev–Trinajstić information content (AvgIpc) is 2.45. The first-order valence-electron chi connectivity index (χ1n) is 5.27. The largest absolute Gasteiger partial charge is 0.385 e.